The summed E-state index contributed by atoms with van der Waals surface area (Å²) in [6.07, 6.45) is 3.60. The average molecular weight is 428 g/mol. The van der Waals surface area contributed by atoms with Crippen LogP contribution in [0.2, 0.25) is 0 Å². The highest BCUT2D eigenvalue weighted by Crippen LogP contribution is 2.19. The number of carbonyl (C=O) groups excluding carboxylic acids is 1. The van der Waals surface area contributed by atoms with Crippen molar-refractivity contribution in [3.8, 4) is 0 Å². The third kappa shape index (κ3) is 6.43. The fourth-order valence-corrected chi connectivity index (χ4v) is 4.93. The molecule has 1 N–H and O–H groups in total. The van der Waals surface area contributed by atoms with Gasteiger partial charge in [-0.2, -0.15) is 4.31 Å². The molecule has 1 amide bonds. The van der Waals surface area contributed by atoms with Crippen molar-refractivity contribution in [1.82, 2.24) is 9.62 Å². The van der Waals surface area contributed by atoms with Gasteiger partial charge in [-0.3, -0.25) is 4.79 Å². The summed E-state index contributed by atoms with van der Waals surface area (Å²) in [6, 6.07) is 17.8. The number of anilines is 1. The number of nitrogens with one attached hydrogen (secondary N) is 1. The Kier molecular flexibility index (Phi) is 7.65. The second kappa shape index (κ2) is 10.4. The maximum absolute atomic E-state index is 12.6. The zero-order valence-corrected chi connectivity index (χ0v) is 18.1. The van der Waals surface area contributed by atoms with E-state index in [1.807, 2.05) is 36.4 Å². The minimum atomic E-state index is -3.31. The molecular weight excluding hydrogens is 398 g/mol. The summed E-state index contributed by atoms with van der Waals surface area (Å²) < 4.78 is 26.8. The summed E-state index contributed by atoms with van der Waals surface area (Å²) in [7, 11) is -3.31. The lowest BCUT2D eigenvalue weighted by molar-refractivity contribution is -0.116. The molecule has 0 aliphatic carbocycles. The van der Waals surface area contributed by atoms with E-state index in [2.05, 4.69) is 35.3 Å². The van der Waals surface area contributed by atoms with Crippen LogP contribution in [0.4, 0.5) is 5.69 Å². The largest absolute Gasteiger partial charge is 0.369 e. The number of hydrogen-bond acceptors (Lipinski definition) is 4. The Labute approximate surface area is 179 Å². The Hall–Kier alpha value is -2.64. The Morgan fingerprint density at radius 2 is 1.77 bits per heavy atom. The Morgan fingerprint density at radius 3 is 2.47 bits per heavy atom. The van der Waals surface area contributed by atoms with E-state index in [-0.39, 0.29) is 11.7 Å². The zero-order chi connectivity index (χ0) is 21.4. The van der Waals surface area contributed by atoms with E-state index in [1.165, 1.54) is 11.6 Å². The summed E-state index contributed by atoms with van der Waals surface area (Å²) in [5.41, 5.74) is 3.28. The number of benzene rings is 2. The molecule has 1 saturated heterocycles. The Morgan fingerprint density at radius 1 is 1.03 bits per heavy atom. The lowest BCUT2D eigenvalue weighted by Crippen LogP contribution is -2.49. The van der Waals surface area contributed by atoms with Crippen LogP contribution in [0.15, 0.2) is 60.7 Å². The van der Waals surface area contributed by atoms with Crippen LogP contribution in [0.25, 0.3) is 6.08 Å². The van der Waals surface area contributed by atoms with Gasteiger partial charge in [0.2, 0.25) is 15.9 Å². The highest BCUT2D eigenvalue weighted by molar-refractivity contribution is 7.89. The van der Waals surface area contributed by atoms with Crippen molar-refractivity contribution in [2.75, 3.05) is 43.4 Å². The molecule has 1 aliphatic rings. The van der Waals surface area contributed by atoms with Crippen molar-refractivity contribution in [2.24, 2.45) is 0 Å². The van der Waals surface area contributed by atoms with Gasteiger partial charge in [-0.25, -0.2) is 8.42 Å². The van der Waals surface area contributed by atoms with Gasteiger partial charge in [0.25, 0.3) is 0 Å². The molecule has 1 fully saturated rings. The molecule has 0 bridgehead atoms. The third-order valence-electron chi connectivity index (χ3n) is 5.10. The van der Waals surface area contributed by atoms with E-state index in [4.69, 9.17) is 0 Å². The molecule has 7 heteroatoms. The SMILES string of the molecule is Cc1cccc(N2CCN(S(=O)(=O)CCCNC(=O)/C=C/c3ccccc3)CC2)c1. The predicted octanol–water partition coefficient (Wildman–Crippen LogP) is 2.67. The van der Waals surface area contributed by atoms with Crippen LogP contribution in [0, 0.1) is 6.92 Å². The van der Waals surface area contributed by atoms with Gasteiger partial charge in [-0.05, 0) is 42.7 Å². The molecule has 1 aliphatic heterocycles. The van der Waals surface area contributed by atoms with Crippen LogP contribution >= 0.6 is 0 Å². The van der Waals surface area contributed by atoms with Crippen molar-refractivity contribution in [1.29, 1.82) is 0 Å². The van der Waals surface area contributed by atoms with E-state index in [1.54, 1.807) is 10.4 Å². The van der Waals surface area contributed by atoms with Crippen molar-refractivity contribution in [2.45, 2.75) is 13.3 Å². The predicted molar refractivity (Wildman–Crippen MR) is 122 cm³/mol. The van der Waals surface area contributed by atoms with Gasteiger partial charge in [0, 0.05) is 44.5 Å². The number of amides is 1. The zero-order valence-electron chi connectivity index (χ0n) is 17.3. The van der Waals surface area contributed by atoms with Crippen molar-refractivity contribution >= 4 is 27.7 Å². The molecule has 2 aromatic rings. The topological polar surface area (TPSA) is 69.7 Å². The lowest BCUT2D eigenvalue weighted by atomic mass is 10.2. The number of carbonyl (C=O) groups is 1. The van der Waals surface area contributed by atoms with E-state index >= 15 is 0 Å². The van der Waals surface area contributed by atoms with Crippen molar-refractivity contribution < 1.29 is 13.2 Å². The molecule has 6 nitrogen and oxygen atoms in total. The first-order valence-corrected chi connectivity index (χ1v) is 11.9. The molecule has 0 atom stereocenters. The summed E-state index contributed by atoms with van der Waals surface area (Å²) in [4.78, 5) is 14.1. The first kappa shape index (κ1) is 22.1. The van der Waals surface area contributed by atoms with Gasteiger partial charge in [0.1, 0.15) is 0 Å². The van der Waals surface area contributed by atoms with Gasteiger partial charge in [0.05, 0.1) is 5.75 Å². The van der Waals surface area contributed by atoms with E-state index in [0.29, 0.717) is 39.1 Å². The van der Waals surface area contributed by atoms with Gasteiger partial charge >= 0.3 is 0 Å². The highest BCUT2D eigenvalue weighted by Gasteiger charge is 2.26. The minimum Gasteiger partial charge on any atom is -0.369 e. The molecule has 3 rings (SSSR count). The minimum absolute atomic E-state index is 0.0418. The molecule has 0 unspecified atom stereocenters. The van der Waals surface area contributed by atoms with E-state index in [0.717, 1.165) is 11.3 Å². The van der Waals surface area contributed by atoms with Crippen LogP contribution in [-0.2, 0) is 14.8 Å². The fourth-order valence-electron chi connectivity index (χ4n) is 3.44. The molecule has 0 radical (unpaired) electrons. The quantitative estimate of drug-likeness (QED) is 0.519. The summed E-state index contributed by atoms with van der Waals surface area (Å²) in [5, 5.41) is 2.75. The molecule has 0 saturated carbocycles. The monoisotopic (exact) mass is 427 g/mol. The van der Waals surface area contributed by atoms with Gasteiger partial charge in [-0.15, -0.1) is 0 Å². The number of rotatable bonds is 8. The third-order valence-corrected chi connectivity index (χ3v) is 7.06. The number of piperazine rings is 1. The van der Waals surface area contributed by atoms with Gasteiger partial charge in [-0.1, -0.05) is 42.5 Å². The second-order valence-electron chi connectivity index (χ2n) is 7.43. The second-order valence-corrected chi connectivity index (χ2v) is 9.52. The maximum Gasteiger partial charge on any atom is 0.243 e. The molecule has 2 aromatic carbocycles. The fraction of sp³-hybridized carbons (Fsp3) is 0.348. The highest BCUT2D eigenvalue weighted by atomic mass is 32.2. The summed E-state index contributed by atoms with van der Waals surface area (Å²) in [6.45, 7) is 4.74. The normalized spacial score (nSPS) is 15.4. The Balaban J connectivity index is 1.39. The number of aryl methyl sites for hydroxylation is 1. The van der Waals surface area contributed by atoms with Crippen LogP contribution in [0.5, 0.6) is 0 Å². The first-order valence-electron chi connectivity index (χ1n) is 10.2. The number of sulfonamides is 1. The smallest absolute Gasteiger partial charge is 0.243 e. The molecule has 0 spiro atoms. The summed E-state index contributed by atoms with van der Waals surface area (Å²) >= 11 is 0. The van der Waals surface area contributed by atoms with Crippen molar-refractivity contribution in [3.63, 3.8) is 0 Å². The van der Waals surface area contributed by atoms with Crippen LogP contribution in [0.3, 0.4) is 0 Å². The molecular formula is C23H29N3O3S. The van der Waals surface area contributed by atoms with Crippen LogP contribution in [0.1, 0.15) is 17.5 Å². The maximum atomic E-state index is 12.6. The van der Waals surface area contributed by atoms with E-state index in [9.17, 15) is 13.2 Å². The standard InChI is InChI=1S/C23H29N3O3S/c1-20-7-5-10-22(19-20)25-14-16-26(17-15-25)30(28,29)18-6-13-24-23(27)12-11-21-8-3-2-4-9-21/h2-5,7-12,19H,6,13-18H2,1H3,(H,24,27)/b12-11+. The van der Waals surface area contributed by atoms with E-state index < -0.39 is 10.0 Å². The molecule has 160 valence electrons. The van der Waals surface area contributed by atoms with Gasteiger partial charge < -0.3 is 10.2 Å². The van der Waals surface area contributed by atoms with Crippen molar-refractivity contribution in [3.05, 3.63) is 71.8 Å². The molecule has 0 aromatic heterocycles. The Bertz CT molecular complexity index is 966. The van der Waals surface area contributed by atoms with Crippen LogP contribution < -0.4 is 10.2 Å². The average Bonchev–Trinajstić information content (AvgIpc) is 2.76. The first-order chi connectivity index (χ1) is 14.4. The number of hydrogen-bond donors (Lipinski definition) is 1. The summed E-state index contributed by atoms with van der Waals surface area (Å²) in [5.74, 6) is -0.178. The van der Waals surface area contributed by atoms with Crippen LogP contribution in [-0.4, -0.2) is 57.1 Å². The molecule has 30 heavy (non-hydrogen) atoms. The van der Waals surface area contributed by atoms with Gasteiger partial charge in [0.15, 0.2) is 0 Å². The lowest BCUT2D eigenvalue weighted by Gasteiger charge is -2.35. The molecule has 1 heterocycles. The number of nitrogens with zero attached hydrogens (tertiary/aromatic N) is 2.